The SMILES string of the molecule is Cc1nc(NC2CCCNC2)cc(N2CCCC2)n1. The number of hydrogen-bond donors (Lipinski definition) is 2. The number of nitrogens with zero attached hydrogens (tertiary/aromatic N) is 3. The number of rotatable bonds is 3. The van der Waals surface area contributed by atoms with Gasteiger partial charge in [-0.25, -0.2) is 9.97 Å². The second-order valence-corrected chi connectivity index (χ2v) is 5.54. The maximum absolute atomic E-state index is 4.57. The molecule has 2 aliphatic rings. The van der Waals surface area contributed by atoms with Crippen LogP contribution in [-0.4, -0.2) is 42.2 Å². The standard InChI is InChI=1S/C14H23N5/c1-11-16-13(18-12-5-4-6-15-10-12)9-14(17-11)19-7-2-3-8-19/h9,12,15H,2-8,10H2,1H3,(H,16,17,18). The van der Waals surface area contributed by atoms with E-state index >= 15 is 0 Å². The Morgan fingerprint density at radius 3 is 2.84 bits per heavy atom. The Morgan fingerprint density at radius 1 is 1.26 bits per heavy atom. The van der Waals surface area contributed by atoms with Crippen molar-refractivity contribution in [2.45, 2.75) is 38.6 Å². The topological polar surface area (TPSA) is 53.1 Å². The lowest BCUT2D eigenvalue weighted by atomic mass is 10.1. The summed E-state index contributed by atoms with van der Waals surface area (Å²) in [5, 5.41) is 6.97. The van der Waals surface area contributed by atoms with Gasteiger partial charge in [-0.15, -0.1) is 0 Å². The van der Waals surface area contributed by atoms with Gasteiger partial charge in [0.05, 0.1) is 0 Å². The molecule has 3 rings (SSSR count). The summed E-state index contributed by atoms with van der Waals surface area (Å²) in [5.74, 6) is 2.91. The fourth-order valence-electron chi connectivity index (χ4n) is 2.92. The monoisotopic (exact) mass is 261 g/mol. The molecule has 0 saturated carbocycles. The normalized spacial score (nSPS) is 23.6. The molecule has 104 valence electrons. The predicted octanol–water partition coefficient (Wildman–Crippen LogP) is 1.55. The van der Waals surface area contributed by atoms with Crippen molar-refractivity contribution in [2.24, 2.45) is 0 Å². The van der Waals surface area contributed by atoms with Gasteiger partial charge < -0.3 is 15.5 Å². The van der Waals surface area contributed by atoms with E-state index in [1.165, 1.54) is 25.7 Å². The molecule has 5 nitrogen and oxygen atoms in total. The van der Waals surface area contributed by atoms with Crippen LogP contribution in [0.5, 0.6) is 0 Å². The van der Waals surface area contributed by atoms with Crippen LogP contribution < -0.4 is 15.5 Å². The van der Waals surface area contributed by atoms with Crippen LogP contribution in [0.15, 0.2) is 6.07 Å². The third-order valence-corrected chi connectivity index (χ3v) is 3.90. The van der Waals surface area contributed by atoms with E-state index in [0.29, 0.717) is 6.04 Å². The number of piperidine rings is 1. The molecule has 0 aromatic carbocycles. The maximum Gasteiger partial charge on any atom is 0.134 e. The van der Waals surface area contributed by atoms with Crippen LogP contribution in [0.4, 0.5) is 11.6 Å². The minimum atomic E-state index is 0.495. The smallest absolute Gasteiger partial charge is 0.134 e. The Kier molecular flexibility index (Phi) is 3.82. The predicted molar refractivity (Wildman–Crippen MR) is 77.7 cm³/mol. The number of nitrogens with one attached hydrogen (secondary N) is 2. The van der Waals surface area contributed by atoms with Crippen molar-refractivity contribution in [1.29, 1.82) is 0 Å². The molecule has 0 aliphatic carbocycles. The molecule has 19 heavy (non-hydrogen) atoms. The summed E-state index contributed by atoms with van der Waals surface area (Å²) in [4.78, 5) is 11.5. The highest BCUT2D eigenvalue weighted by Gasteiger charge is 2.17. The van der Waals surface area contributed by atoms with Gasteiger partial charge in [-0.05, 0) is 39.2 Å². The number of anilines is 2. The van der Waals surface area contributed by atoms with Crippen molar-refractivity contribution in [1.82, 2.24) is 15.3 Å². The molecule has 0 spiro atoms. The first-order valence-electron chi connectivity index (χ1n) is 7.39. The zero-order valence-corrected chi connectivity index (χ0v) is 11.7. The molecule has 1 aromatic heterocycles. The van der Waals surface area contributed by atoms with Gasteiger partial charge in [-0.1, -0.05) is 0 Å². The van der Waals surface area contributed by atoms with E-state index in [2.05, 4.69) is 31.6 Å². The Morgan fingerprint density at radius 2 is 2.11 bits per heavy atom. The molecule has 0 radical (unpaired) electrons. The second-order valence-electron chi connectivity index (χ2n) is 5.54. The minimum Gasteiger partial charge on any atom is -0.366 e. The number of aromatic nitrogens is 2. The molecule has 3 heterocycles. The van der Waals surface area contributed by atoms with Gasteiger partial charge >= 0.3 is 0 Å². The lowest BCUT2D eigenvalue weighted by molar-refractivity contribution is 0.479. The summed E-state index contributed by atoms with van der Waals surface area (Å²) in [6, 6.07) is 2.60. The average molecular weight is 261 g/mol. The van der Waals surface area contributed by atoms with E-state index in [1.54, 1.807) is 0 Å². The largest absolute Gasteiger partial charge is 0.366 e. The van der Waals surface area contributed by atoms with Crippen LogP contribution in [0.1, 0.15) is 31.5 Å². The lowest BCUT2D eigenvalue weighted by Gasteiger charge is -2.25. The van der Waals surface area contributed by atoms with Crippen molar-refractivity contribution in [3.05, 3.63) is 11.9 Å². The summed E-state index contributed by atoms with van der Waals surface area (Å²) >= 11 is 0. The van der Waals surface area contributed by atoms with Gasteiger partial charge in [-0.3, -0.25) is 0 Å². The molecular weight excluding hydrogens is 238 g/mol. The fraction of sp³-hybridized carbons (Fsp3) is 0.714. The highest BCUT2D eigenvalue weighted by atomic mass is 15.2. The first-order chi connectivity index (χ1) is 9.31. The van der Waals surface area contributed by atoms with Crippen molar-refractivity contribution >= 4 is 11.6 Å². The zero-order valence-electron chi connectivity index (χ0n) is 11.7. The molecule has 2 fully saturated rings. The summed E-state index contributed by atoms with van der Waals surface area (Å²) in [5.41, 5.74) is 0. The van der Waals surface area contributed by atoms with Crippen LogP contribution in [0.3, 0.4) is 0 Å². The second kappa shape index (κ2) is 5.74. The Balaban J connectivity index is 1.73. The Labute approximate surface area is 114 Å². The van der Waals surface area contributed by atoms with Crippen molar-refractivity contribution < 1.29 is 0 Å². The first kappa shape index (κ1) is 12.7. The van der Waals surface area contributed by atoms with Crippen LogP contribution in [0, 0.1) is 6.92 Å². The minimum absolute atomic E-state index is 0.495. The van der Waals surface area contributed by atoms with Crippen LogP contribution >= 0.6 is 0 Å². The van der Waals surface area contributed by atoms with Gasteiger partial charge in [0.1, 0.15) is 17.5 Å². The third kappa shape index (κ3) is 3.15. The molecule has 1 aromatic rings. The summed E-state index contributed by atoms with van der Waals surface area (Å²) < 4.78 is 0. The van der Waals surface area contributed by atoms with E-state index in [1.807, 2.05) is 6.92 Å². The van der Waals surface area contributed by atoms with E-state index in [9.17, 15) is 0 Å². The van der Waals surface area contributed by atoms with Gasteiger partial charge in [0, 0.05) is 31.7 Å². The molecule has 5 heteroatoms. The van der Waals surface area contributed by atoms with Crippen LogP contribution in [0.25, 0.3) is 0 Å². The van der Waals surface area contributed by atoms with Crippen LogP contribution in [-0.2, 0) is 0 Å². The summed E-state index contributed by atoms with van der Waals surface area (Å²) in [7, 11) is 0. The summed E-state index contributed by atoms with van der Waals surface area (Å²) in [6.07, 6.45) is 5.01. The van der Waals surface area contributed by atoms with Crippen LogP contribution in [0.2, 0.25) is 0 Å². The Bertz CT molecular complexity index is 422. The number of hydrogen-bond acceptors (Lipinski definition) is 5. The van der Waals surface area contributed by atoms with Crippen molar-refractivity contribution in [3.8, 4) is 0 Å². The quantitative estimate of drug-likeness (QED) is 0.864. The number of aryl methyl sites for hydroxylation is 1. The zero-order chi connectivity index (χ0) is 13.1. The molecule has 2 N–H and O–H groups in total. The first-order valence-corrected chi connectivity index (χ1v) is 7.39. The fourth-order valence-corrected chi connectivity index (χ4v) is 2.92. The lowest BCUT2D eigenvalue weighted by Crippen LogP contribution is -2.38. The molecule has 2 aliphatic heterocycles. The average Bonchev–Trinajstić information content (AvgIpc) is 2.93. The van der Waals surface area contributed by atoms with Gasteiger partial charge in [0.15, 0.2) is 0 Å². The van der Waals surface area contributed by atoms with E-state index in [-0.39, 0.29) is 0 Å². The van der Waals surface area contributed by atoms with E-state index < -0.39 is 0 Å². The molecule has 0 bridgehead atoms. The Hall–Kier alpha value is -1.36. The van der Waals surface area contributed by atoms with Gasteiger partial charge in [0.25, 0.3) is 0 Å². The van der Waals surface area contributed by atoms with E-state index in [0.717, 1.165) is 43.6 Å². The third-order valence-electron chi connectivity index (χ3n) is 3.90. The molecule has 2 saturated heterocycles. The maximum atomic E-state index is 4.57. The molecule has 1 unspecified atom stereocenters. The summed E-state index contributed by atoms with van der Waals surface area (Å²) in [6.45, 7) is 6.40. The van der Waals surface area contributed by atoms with Gasteiger partial charge in [-0.2, -0.15) is 0 Å². The highest BCUT2D eigenvalue weighted by Crippen LogP contribution is 2.21. The highest BCUT2D eigenvalue weighted by molar-refractivity contribution is 5.50. The molecular formula is C14H23N5. The van der Waals surface area contributed by atoms with Crippen molar-refractivity contribution in [3.63, 3.8) is 0 Å². The van der Waals surface area contributed by atoms with Crippen molar-refractivity contribution in [2.75, 3.05) is 36.4 Å². The van der Waals surface area contributed by atoms with E-state index in [4.69, 9.17) is 0 Å². The van der Waals surface area contributed by atoms with Gasteiger partial charge in [0.2, 0.25) is 0 Å². The molecule has 0 amide bonds. The molecule has 1 atom stereocenters.